The van der Waals surface area contributed by atoms with Gasteiger partial charge in [0.2, 0.25) is 0 Å². The number of amides is 1. The summed E-state index contributed by atoms with van der Waals surface area (Å²) in [6.07, 6.45) is 1.91. The molecule has 1 atom stereocenters. The number of halogens is 2. The van der Waals surface area contributed by atoms with Crippen molar-refractivity contribution in [3.63, 3.8) is 0 Å². The van der Waals surface area contributed by atoms with Crippen LogP contribution in [-0.4, -0.2) is 32.6 Å². The van der Waals surface area contributed by atoms with Gasteiger partial charge in [0.15, 0.2) is 11.6 Å². The quantitative estimate of drug-likeness (QED) is 0.576. The number of benzene rings is 2. The van der Waals surface area contributed by atoms with Gasteiger partial charge in [-0.15, -0.1) is 0 Å². The fourth-order valence-corrected chi connectivity index (χ4v) is 3.45. The van der Waals surface area contributed by atoms with Gasteiger partial charge in [-0.25, -0.2) is 13.9 Å². The summed E-state index contributed by atoms with van der Waals surface area (Å²) >= 11 is 0. The second kappa shape index (κ2) is 6.80. The van der Waals surface area contributed by atoms with Crippen molar-refractivity contribution in [2.24, 2.45) is 7.05 Å². The summed E-state index contributed by atoms with van der Waals surface area (Å²) in [5, 5.41) is 7.46. The van der Waals surface area contributed by atoms with Gasteiger partial charge in [0.05, 0.1) is 17.1 Å². The fraction of sp³-hybridized carbons (Fsp3) is 0.190. The molecule has 0 bridgehead atoms. The number of aromatic amines is 1. The number of H-pyrrole nitrogens is 1. The second-order valence-corrected chi connectivity index (χ2v) is 7.04. The van der Waals surface area contributed by atoms with Crippen LogP contribution in [0.1, 0.15) is 29.0 Å². The van der Waals surface area contributed by atoms with Gasteiger partial charge < -0.3 is 9.47 Å². The third-order valence-electron chi connectivity index (χ3n) is 5.29. The molecule has 0 aliphatic carbocycles. The summed E-state index contributed by atoms with van der Waals surface area (Å²) in [5.74, 6) is -2.46. The van der Waals surface area contributed by atoms with Gasteiger partial charge in [0.25, 0.3) is 11.5 Å². The topological polar surface area (TPSA) is 71.0 Å². The largest absolute Gasteiger partial charge is 0.351 e. The van der Waals surface area contributed by atoms with Crippen LogP contribution in [0.25, 0.3) is 21.7 Å². The predicted octanol–water partition coefficient (Wildman–Crippen LogP) is 3.53. The first-order valence-corrected chi connectivity index (χ1v) is 8.97. The second-order valence-electron chi connectivity index (χ2n) is 7.04. The SMILES string of the molecule is CC(c1n[nH]c(=O)c2cc(F)c(F)cc12)N(C)C(=O)c1ccc2ccn(C)c2c1. The van der Waals surface area contributed by atoms with Crippen molar-refractivity contribution in [1.82, 2.24) is 19.7 Å². The van der Waals surface area contributed by atoms with E-state index in [4.69, 9.17) is 0 Å². The Morgan fingerprint density at radius 1 is 1.14 bits per heavy atom. The zero-order chi connectivity index (χ0) is 20.9. The van der Waals surface area contributed by atoms with Crippen LogP contribution >= 0.6 is 0 Å². The van der Waals surface area contributed by atoms with E-state index >= 15 is 0 Å². The molecule has 1 amide bonds. The number of hydrogen-bond acceptors (Lipinski definition) is 3. The minimum atomic E-state index is -1.12. The lowest BCUT2D eigenvalue weighted by atomic mass is 10.0. The first-order chi connectivity index (χ1) is 13.8. The smallest absolute Gasteiger partial charge is 0.272 e. The number of carbonyl (C=O) groups excluding carboxylic acids is 1. The minimum Gasteiger partial charge on any atom is -0.351 e. The molecule has 0 saturated heterocycles. The van der Waals surface area contributed by atoms with E-state index < -0.39 is 23.2 Å². The number of aryl methyl sites for hydroxylation is 1. The van der Waals surface area contributed by atoms with Crippen LogP contribution in [-0.2, 0) is 7.05 Å². The number of nitrogens with one attached hydrogen (secondary N) is 1. The van der Waals surface area contributed by atoms with Crippen LogP contribution < -0.4 is 5.56 Å². The Balaban J connectivity index is 1.75. The molecule has 29 heavy (non-hydrogen) atoms. The van der Waals surface area contributed by atoms with Crippen LogP contribution in [0, 0.1) is 11.6 Å². The standard InChI is InChI=1S/C21H18F2N4O2/c1-11(19-14-9-16(22)17(23)10-15(14)20(28)25-24-19)27(3)21(29)13-5-4-12-6-7-26(2)18(12)8-13/h4-11H,1-3H3,(H,25,28). The zero-order valence-electron chi connectivity index (χ0n) is 16.0. The lowest BCUT2D eigenvalue weighted by molar-refractivity contribution is 0.0740. The monoisotopic (exact) mass is 396 g/mol. The number of fused-ring (bicyclic) bond motifs is 2. The highest BCUT2D eigenvalue weighted by Gasteiger charge is 2.24. The third-order valence-corrected chi connectivity index (χ3v) is 5.29. The molecule has 2 heterocycles. The number of carbonyl (C=O) groups is 1. The lowest BCUT2D eigenvalue weighted by Gasteiger charge is -2.25. The van der Waals surface area contributed by atoms with Crippen LogP contribution in [0.5, 0.6) is 0 Å². The van der Waals surface area contributed by atoms with Crippen molar-refractivity contribution < 1.29 is 13.6 Å². The molecule has 0 aliphatic heterocycles. The van der Waals surface area contributed by atoms with E-state index in [9.17, 15) is 18.4 Å². The first kappa shape index (κ1) is 18.8. The number of hydrogen-bond donors (Lipinski definition) is 1. The van der Waals surface area contributed by atoms with Crippen molar-refractivity contribution in [3.8, 4) is 0 Å². The van der Waals surface area contributed by atoms with Crippen molar-refractivity contribution in [2.45, 2.75) is 13.0 Å². The average molecular weight is 396 g/mol. The van der Waals surface area contributed by atoms with Gasteiger partial charge >= 0.3 is 0 Å². The van der Waals surface area contributed by atoms with Gasteiger partial charge in [-0.2, -0.15) is 5.10 Å². The van der Waals surface area contributed by atoms with Crippen LogP contribution in [0.3, 0.4) is 0 Å². The Kier molecular flexibility index (Phi) is 4.41. The summed E-state index contributed by atoms with van der Waals surface area (Å²) < 4.78 is 29.3. The highest BCUT2D eigenvalue weighted by Crippen LogP contribution is 2.27. The molecular weight excluding hydrogens is 378 g/mol. The molecule has 4 aromatic rings. The molecule has 2 aromatic carbocycles. The van der Waals surface area contributed by atoms with E-state index in [1.54, 1.807) is 26.1 Å². The van der Waals surface area contributed by atoms with Crippen LogP contribution in [0.15, 0.2) is 47.4 Å². The Morgan fingerprint density at radius 2 is 1.83 bits per heavy atom. The highest BCUT2D eigenvalue weighted by atomic mass is 19.2. The molecule has 4 rings (SSSR count). The molecule has 1 N–H and O–H groups in total. The van der Waals surface area contributed by atoms with Crippen LogP contribution in [0.4, 0.5) is 8.78 Å². The van der Waals surface area contributed by atoms with E-state index in [-0.39, 0.29) is 22.4 Å². The zero-order valence-corrected chi connectivity index (χ0v) is 16.0. The van der Waals surface area contributed by atoms with Crippen molar-refractivity contribution >= 4 is 27.6 Å². The normalized spacial score (nSPS) is 12.4. The van der Waals surface area contributed by atoms with E-state index in [0.717, 1.165) is 23.0 Å². The van der Waals surface area contributed by atoms with E-state index in [0.29, 0.717) is 5.56 Å². The maximum absolute atomic E-state index is 13.8. The Bertz CT molecular complexity index is 1330. The number of aromatic nitrogens is 3. The van der Waals surface area contributed by atoms with Gasteiger partial charge in [-0.3, -0.25) is 9.59 Å². The molecule has 148 valence electrons. The van der Waals surface area contributed by atoms with Gasteiger partial charge in [0, 0.05) is 36.8 Å². The van der Waals surface area contributed by atoms with Gasteiger partial charge in [-0.1, -0.05) is 6.07 Å². The number of rotatable bonds is 3. The molecule has 0 spiro atoms. The van der Waals surface area contributed by atoms with E-state index in [1.165, 1.54) is 4.90 Å². The van der Waals surface area contributed by atoms with Crippen molar-refractivity contribution in [2.75, 3.05) is 7.05 Å². The van der Waals surface area contributed by atoms with Gasteiger partial charge in [0.1, 0.15) is 0 Å². The minimum absolute atomic E-state index is 0.0215. The molecule has 0 saturated carbocycles. The molecule has 0 fully saturated rings. The highest BCUT2D eigenvalue weighted by molar-refractivity contribution is 5.98. The van der Waals surface area contributed by atoms with Crippen LogP contribution in [0.2, 0.25) is 0 Å². The summed E-state index contributed by atoms with van der Waals surface area (Å²) in [5.41, 5.74) is 1.05. The fourth-order valence-electron chi connectivity index (χ4n) is 3.45. The number of nitrogens with zero attached hydrogens (tertiary/aromatic N) is 3. The molecular formula is C21H18F2N4O2. The molecule has 1 unspecified atom stereocenters. The summed E-state index contributed by atoms with van der Waals surface area (Å²) in [6.45, 7) is 1.71. The van der Waals surface area contributed by atoms with Crippen molar-refractivity contribution in [1.29, 1.82) is 0 Å². The van der Waals surface area contributed by atoms with Gasteiger partial charge in [-0.05, 0) is 42.6 Å². The molecule has 2 aromatic heterocycles. The Labute approximate surface area is 164 Å². The lowest BCUT2D eigenvalue weighted by Crippen LogP contribution is -2.31. The maximum Gasteiger partial charge on any atom is 0.272 e. The summed E-state index contributed by atoms with van der Waals surface area (Å²) in [7, 11) is 3.49. The summed E-state index contributed by atoms with van der Waals surface area (Å²) in [4.78, 5) is 26.5. The Morgan fingerprint density at radius 3 is 2.55 bits per heavy atom. The van der Waals surface area contributed by atoms with E-state index in [2.05, 4.69) is 10.2 Å². The molecule has 0 aliphatic rings. The third kappa shape index (κ3) is 3.06. The Hall–Kier alpha value is -3.55. The summed E-state index contributed by atoms with van der Waals surface area (Å²) in [6, 6.07) is 8.54. The predicted molar refractivity (Wildman–Crippen MR) is 106 cm³/mol. The molecule has 6 nitrogen and oxygen atoms in total. The molecule has 0 radical (unpaired) electrons. The van der Waals surface area contributed by atoms with Crippen molar-refractivity contribution in [3.05, 3.63) is 75.8 Å². The average Bonchev–Trinajstić information content (AvgIpc) is 3.08. The first-order valence-electron chi connectivity index (χ1n) is 8.97. The molecule has 8 heteroatoms. The van der Waals surface area contributed by atoms with E-state index in [1.807, 2.05) is 29.9 Å². The maximum atomic E-state index is 13.8.